The first-order chi connectivity index (χ1) is 9.29. The summed E-state index contributed by atoms with van der Waals surface area (Å²) < 4.78 is 37.7. The second kappa shape index (κ2) is 5.60. The highest BCUT2D eigenvalue weighted by molar-refractivity contribution is 7.90. The third-order valence-corrected chi connectivity index (χ3v) is 5.10. The molecule has 0 fully saturated rings. The highest BCUT2D eigenvalue weighted by atomic mass is 35.5. The molecule has 0 heterocycles. The lowest BCUT2D eigenvalue weighted by atomic mass is 10.2. The molecule has 3 nitrogen and oxygen atoms in total. The Bertz CT molecular complexity index is 763. The predicted molar refractivity (Wildman–Crippen MR) is 78.2 cm³/mol. The Kier molecular flexibility index (Phi) is 4.22. The van der Waals surface area contributed by atoms with Crippen LogP contribution in [-0.4, -0.2) is 8.42 Å². The number of anilines is 1. The van der Waals surface area contributed by atoms with Gasteiger partial charge in [-0.25, -0.2) is 12.8 Å². The fourth-order valence-corrected chi connectivity index (χ4v) is 3.42. The van der Waals surface area contributed by atoms with Crippen molar-refractivity contribution in [2.24, 2.45) is 0 Å². The molecule has 0 aliphatic carbocycles. The lowest BCUT2D eigenvalue weighted by Gasteiger charge is -2.08. The summed E-state index contributed by atoms with van der Waals surface area (Å²) in [5, 5.41) is 0.399. The number of halogens is 3. The molecule has 0 aliphatic heterocycles. The largest absolute Gasteiger partial charge is 0.398 e. The molecule has 0 saturated carbocycles. The minimum Gasteiger partial charge on any atom is -0.398 e. The van der Waals surface area contributed by atoms with Crippen LogP contribution in [0, 0.1) is 5.82 Å². The highest BCUT2D eigenvalue weighted by Crippen LogP contribution is 2.27. The van der Waals surface area contributed by atoms with Crippen LogP contribution in [0.2, 0.25) is 10.0 Å². The third-order valence-electron chi connectivity index (χ3n) is 2.70. The number of nitrogen functional groups attached to an aromatic ring is 1. The van der Waals surface area contributed by atoms with Crippen molar-refractivity contribution in [3.63, 3.8) is 0 Å². The van der Waals surface area contributed by atoms with Crippen molar-refractivity contribution in [3.8, 4) is 0 Å². The average Bonchev–Trinajstić information content (AvgIpc) is 2.36. The van der Waals surface area contributed by atoms with E-state index in [-0.39, 0.29) is 26.2 Å². The monoisotopic (exact) mass is 333 g/mol. The summed E-state index contributed by atoms with van der Waals surface area (Å²) in [6.07, 6.45) is 0. The van der Waals surface area contributed by atoms with E-state index in [1.54, 1.807) is 0 Å². The van der Waals surface area contributed by atoms with E-state index in [4.69, 9.17) is 28.9 Å². The molecule has 0 aromatic heterocycles. The average molecular weight is 334 g/mol. The van der Waals surface area contributed by atoms with Gasteiger partial charge in [0.2, 0.25) is 0 Å². The van der Waals surface area contributed by atoms with Crippen molar-refractivity contribution in [1.82, 2.24) is 0 Å². The summed E-state index contributed by atoms with van der Waals surface area (Å²) >= 11 is 11.5. The first-order valence-corrected chi connectivity index (χ1v) is 7.92. The van der Waals surface area contributed by atoms with E-state index < -0.39 is 21.4 Å². The van der Waals surface area contributed by atoms with E-state index in [2.05, 4.69) is 0 Å². The molecule has 0 bridgehead atoms. The van der Waals surface area contributed by atoms with Gasteiger partial charge in [0.15, 0.2) is 9.84 Å². The molecule has 0 amide bonds. The Hall–Kier alpha value is -1.30. The number of rotatable bonds is 3. The first kappa shape index (κ1) is 15.1. The molecule has 2 N–H and O–H groups in total. The van der Waals surface area contributed by atoms with E-state index in [9.17, 15) is 12.8 Å². The summed E-state index contributed by atoms with van der Waals surface area (Å²) in [5.41, 5.74) is 6.07. The molecule has 7 heteroatoms. The van der Waals surface area contributed by atoms with Crippen molar-refractivity contribution in [3.05, 3.63) is 57.8 Å². The zero-order valence-electron chi connectivity index (χ0n) is 10.1. The third kappa shape index (κ3) is 3.23. The van der Waals surface area contributed by atoms with Crippen LogP contribution in [-0.2, 0) is 15.6 Å². The van der Waals surface area contributed by atoms with E-state index in [1.165, 1.54) is 30.3 Å². The number of benzene rings is 2. The summed E-state index contributed by atoms with van der Waals surface area (Å²) in [4.78, 5) is 0.00978. The number of nitrogens with two attached hydrogens (primary N) is 1. The van der Waals surface area contributed by atoms with E-state index in [1.807, 2.05) is 0 Å². The fraction of sp³-hybridized carbons (Fsp3) is 0.0769. The zero-order valence-corrected chi connectivity index (χ0v) is 12.4. The van der Waals surface area contributed by atoms with Crippen molar-refractivity contribution < 1.29 is 12.8 Å². The first-order valence-electron chi connectivity index (χ1n) is 5.51. The minimum atomic E-state index is -3.68. The Labute approximate surface area is 126 Å². The Morgan fingerprint density at radius 1 is 1.05 bits per heavy atom. The predicted octanol–water partition coefficient (Wildman–Crippen LogP) is 3.69. The Morgan fingerprint density at radius 2 is 1.75 bits per heavy atom. The van der Waals surface area contributed by atoms with Gasteiger partial charge < -0.3 is 5.73 Å². The van der Waals surface area contributed by atoms with Crippen LogP contribution in [0.1, 0.15) is 5.56 Å². The Balaban J connectivity index is 2.40. The lowest BCUT2D eigenvalue weighted by Crippen LogP contribution is -2.07. The number of sulfone groups is 1. The van der Waals surface area contributed by atoms with Crippen LogP contribution < -0.4 is 5.73 Å². The van der Waals surface area contributed by atoms with Gasteiger partial charge in [0, 0.05) is 5.69 Å². The van der Waals surface area contributed by atoms with Crippen molar-refractivity contribution in [2.75, 3.05) is 5.73 Å². The van der Waals surface area contributed by atoms with E-state index in [0.29, 0.717) is 0 Å². The van der Waals surface area contributed by atoms with E-state index in [0.717, 1.165) is 6.07 Å². The zero-order chi connectivity index (χ0) is 14.9. The summed E-state index contributed by atoms with van der Waals surface area (Å²) in [6.45, 7) is 0. The molecule has 106 valence electrons. The van der Waals surface area contributed by atoms with Gasteiger partial charge in [-0.2, -0.15) is 0 Å². The van der Waals surface area contributed by atoms with Gasteiger partial charge >= 0.3 is 0 Å². The van der Waals surface area contributed by atoms with Crippen LogP contribution in [0.15, 0.2) is 41.3 Å². The normalized spacial score (nSPS) is 11.6. The molecule has 0 atom stereocenters. The maximum atomic E-state index is 13.2. The summed E-state index contributed by atoms with van der Waals surface area (Å²) in [7, 11) is -3.68. The molecular formula is C13H10Cl2FNO2S. The quantitative estimate of drug-likeness (QED) is 0.871. The van der Waals surface area contributed by atoms with Crippen molar-refractivity contribution >= 4 is 38.7 Å². The number of hydrogen-bond donors (Lipinski definition) is 1. The second-order valence-corrected chi connectivity index (χ2v) is 6.98. The van der Waals surface area contributed by atoms with Gasteiger partial charge in [0.05, 0.1) is 20.7 Å². The molecule has 0 spiro atoms. The minimum absolute atomic E-state index is 0.00978. The van der Waals surface area contributed by atoms with Crippen LogP contribution in [0.25, 0.3) is 0 Å². The maximum Gasteiger partial charge on any atom is 0.182 e. The standard InChI is InChI=1S/C13H10Cl2FNO2S/c14-11-3-2-10(6-12(11)15)20(18,19)7-8-5-9(16)1-4-13(8)17/h1-6H,7,17H2. The highest BCUT2D eigenvalue weighted by Gasteiger charge is 2.18. The van der Waals surface area contributed by atoms with Gasteiger partial charge in [-0.15, -0.1) is 0 Å². The van der Waals surface area contributed by atoms with Gasteiger partial charge in [-0.05, 0) is 42.0 Å². The van der Waals surface area contributed by atoms with Gasteiger partial charge in [0.1, 0.15) is 5.82 Å². The molecule has 2 rings (SSSR count). The van der Waals surface area contributed by atoms with Crippen LogP contribution in [0.5, 0.6) is 0 Å². The lowest BCUT2D eigenvalue weighted by molar-refractivity contribution is 0.594. The van der Waals surface area contributed by atoms with Crippen LogP contribution in [0.3, 0.4) is 0 Å². The van der Waals surface area contributed by atoms with Crippen LogP contribution in [0.4, 0.5) is 10.1 Å². The van der Waals surface area contributed by atoms with Gasteiger partial charge in [-0.1, -0.05) is 23.2 Å². The number of hydrogen-bond acceptors (Lipinski definition) is 3. The maximum absolute atomic E-state index is 13.2. The second-order valence-electron chi connectivity index (χ2n) is 4.18. The summed E-state index contributed by atoms with van der Waals surface area (Å²) in [5.74, 6) is -0.951. The van der Waals surface area contributed by atoms with E-state index >= 15 is 0 Å². The van der Waals surface area contributed by atoms with Crippen molar-refractivity contribution in [1.29, 1.82) is 0 Å². The topological polar surface area (TPSA) is 60.2 Å². The Morgan fingerprint density at radius 3 is 2.40 bits per heavy atom. The smallest absolute Gasteiger partial charge is 0.182 e. The van der Waals surface area contributed by atoms with Crippen LogP contribution >= 0.6 is 23.2 Å². The molecule has 20 heavy (non-hydrogen) atoms. The molecule has 0 aliphatic rings. The molecule has 0 unspecified atom stereocenters. The molecule has 2 aromatic carbocycles. The molecule has 2 aromatic rings. The molecule has 0 saturated heterocycles. The fourth-order valence-electron chi connectivity index (χ4n) is 1.66. The SMILES string of the molecule is Nc1ccc(F)cc1CS(=O)(=O)c1ccc(Cl)c(Cl)c1. The van der Waals surface area contributed by atoms with Crippen molar-refractivity contribution in [2.45, 2.75) is 10.6 Å². The molecule has 0 radical (unpaired) electrons. The molecular weight excluding hydrogens is 324 g/mol. The van der Waals surface area contributed by atoms with Gasteiger partial charge in [0.25, 0.3) is 0 Å². The van der Waals surface area contributed by atoms with Gasteiger partial charge in [-0.3, -0.25) is 0 Å². The summed E-state index contributed by atoms with van der Waals surface area (Å²) in [6, 6.07) is 7.60.